The summed E-state index contributed by atoms with van der Waals surface area (Å²) in [6.07, 6.45) is 5.15. The van der Waals surface area contributed by atoms with Crippen molar-refractivity contribution >= 4 is 11.9 Å². The lowest BCUT2D eigenvalue weighted by Crippen LogP contribution is -2.51. The maximum atomic E-state index is 12.3. The number of aromatic nitrogens is 4. The van der Waals surface area contributed by atoms with E-state index in [9.17, 15) is 9.59 Å². The second-order valence-corrected chi connectivity index (χ2v) is 5.25. The molecule has 3 rings (SSSR count). The standard InChI is InChI=1S/C13H15N5O3/c1-7-8(5-15-18-7)10(19)17-13(3-2-4-13)12-14-6-9(16-12)11(20)21/h5-6H,2-4H2,1H3,(H,14,16)(H,15,18)(H,17,19)(H,20,21). The van der Waals surface area contributed by atoms with Crippen molar-refractivity contribution in [3.63, 3.8) is 0 Å². The van der Waals surface area contributed by atoms with Crippen molar-refractivity contribution in [2.24, 2.45) is 0 Å². The van der Waals surface area contributed by atoms with Crippen molar-refractivity contribution in [2.75, 3.05) is 0 Å². The molecule has 0 aromatic carbocycles. The van der Waals surface area contributed by atoms with Crippen molar-refractivity contribution in [1.82, 2.24) is 25.5 Å². The molecule has 1 saturated carbocycles. The summed E-state index contributed by atoms with van der Waals surface area (Å²) in [7, 11) is 0. The lowest BCUT2D eigenvalue weighted by Gasteiger charge is -2.40. The summed E-state index contributed by atoms with van der Waals surface area (Å²) in [5.74, 6) is -0.824. The van der Waals surface area contributed by atoms with Crippen LogP contribution in [0, 0.1) is 6.92 Å². The summed E-state index contributed by atoms with van der Waals surface area (Å²) in [5.41, 5.74) is 0.568. The number of aryl methyl sites for hydroxylation is 1. The molecule has 0 spiro atoms. The summed E-state index contributed by atoms with van der Waals surface area (Å²) in [5, 5.41) is 18.5. The molecule has 1 aliphatic carbocycles. The number of carbonyl (C=O) groups is 2. The summed E-state index contributed by atoms with van der Waals surface area (Å²) < 4.78 is 0. The first-order valence-corrected chi connectivity index (χ1v) is 6.63. The number of carboxylic acids is 1. The van der Waals surface area contributed by atoms with E-state index in [1.807, 2.05) is 0 Å². The maximum absolute atomic E-state index is 12.3. The highest BCUT2D eigenvalue weighted by Gasteiger charge is 2.43. The van der Waals surface area contributed by atoms with E-state index in [1.54, 1.807) is 6.92 Å². The van der Waals surface area contributed by atoms with E-state index < -0.39 is 11.5 Å². The fourth-order valence-corrected chi connectivity index (χ4v) is 2.49. The topological polar surface area (TPSA) is 124 Å². The highest BCUT2D eigenvalue weighted by atomic mass is 16.4. The van der Waals surface area contributed by atoms with Crippen molar-refractivity contribution in [1.29, 1.82) is 0 Å². The second kappa shape index (κ2) is 4.72. The largest absolute Gasteiger partial charge is 0.477 e. The molecule has 21 heavy (non-hydrogen) atoms. The number of nitrogens with zero attached hydrogens (tertiary/aromatic N) is 2. The molecule has 2 aromatic heterocycles. The van der Waals surface area contributed by atoms with Gasteiger partial charge in [-0.3, -0.25) is 9.89 Å². The SMILES string of the molecule is Cc1[nH]ncc1C(=O)NC1(c2ncc(C(=O)O)[nH]2)CCC1. The third-order valence-electron chi connectivity index (χ3n) is 3.89. The molecule has 0 unspecified atom stereocenters. The molecule has 1 aliphatic rings. The minimum absolute atomic E-state index is 0.0185. The van der Waals surface area contributed by atoms with E-state index in [0.717, 1.165) is 19.3 Å². The van der Waals surface area contributed by atoms with Gasteiger partial charge in [-0.1, -0.05) is 0 Å². The van der Waals surface area contributed by atoms with Gasteiger partial charge in [-0.05, 0) is 26.2 Å². The highest BCUT2D eigenvalue weighted by molar-refractivity contribution is 5.95. The second-order valence-electron chi connectivity index (χ2n) is 5.25. The lowest BCUT2D eigenvalue weighted by atomic mass is 9.76. The number of carbonyl (C=O) groups excluding carboxylic acids is 1. The van der Waals surface area contributed by atoms with Crippen LogP contribution in [-0.4, -0.2) is 37.1 Å². The summed E-state index contributed by atoms with van der Waals surface area (Å²) in [4.78, 5) is 30.1. The third kappa shape index (κ3) is 2.18. The Balaban J connectivity index is 1.85. The van der Waals surface area contributed by atoms with Crippen LogP contribution in [0.15, 0.2) is 12.4 Å². The van der Waals surface area contributed by atoms with Crippen molar-refractivity contribution in [2.45, 2.75) is 31.7 Å². The number of aromatic amines is 2. The number of carboxylic acid groups (broad SMARTS) is 1. The smallest absolute Gasteiger partial charge is 0.353 e. The number of imidazole rings is 1. The molecule has 2 aromatic rings. The number of nitrogens with one attached hydrogen (secondary N) is 3. The molecule has 1 fully saturated rings. The first-order valence-electron chi connectivity index (χ1n) is 6.63. The van der Waals surface area contributed by atoms with Crippen LogP contribution in [0.25, 0.3) is 0 Å². The molecule has 0 atom stereocenters. The Bertz CT molecular complexity index is 698. The Kier molecular flexibility index (Phi) is 3.00. The summed E-state index contributed by atoms with van der Waals surface area (Å²) >= 11 is 0. The zero-order valence-corrected chi connectivity index (χ0v) is 11.4. The molecule has 0 saturated heterocycles. The van der Waals surface area contributed by atoms with E-state index in [1.165, 1.54) is 12.4 Å². The average Bonchev–Trinajstić information content (AvgIpc) is 3.02. The first-order chi connectivity index (χ1) is 10.0. The van der Waals surface area contributed by atoms with Gasteiger partial charge in [0.1, 0.15) is 11.5 Å². The van der Waals surface area contributed by atoms with E-state index in [4.69, 9.17) is 5.11 Å². The Labute approximate surface area is 120 Å². The van der Waals surface area contributed by atoms with Gasteiger partial charge in [-0.2, -0.15) is 5.10 Å². The van der Waals surface area contributed by atoms with Gasteiger partial charge in [0, 0.05) is 5.69 Å². The lowest BCUT2D eigenvalue weighted by molar-refractivity contribution is 0.0690. The molecule has 1 amide bonds. The van der Waals surface area contributed by atoms with Crippen molar-refractivity contribution < 1.29 is 14.7 Å². The molecule has 8 heteroatoms. The Morgan fingerprint density at radius 2 is 2.14 bits per heavy atom. The third-order valence-corrected chi connectivity index (χ3v) is 3.89. The highest BCUT2D eigenvalue weighted by Crippen LogP contribution is 2.40. The Morgan fingerprint density at radius 3 is 2.62 bits per heavy atom. The molecule has 0 bridgehead atoms. The number of hydrogen-bond acceptors (Lipinski definition) is 4. The number of aromatic carboxylic acids is 1. The average molecular weight is 289 g/mol. The van der Waals surface area contributed by atoms with Crippen LogP contribution in [0.2, 0.25) is 0 Å². The normalized spacial score (nSPS) is 16.2. The molecule has 0 aliphatic heterocycles. The van der Waals surface area contributed by atoms with Gasteiger partial charge < -0.3 is 15.4 Å². The molecule has 110 valence electrons. The van der Waals surface area contributed by atoms with Gasteiger partial charge >= 0.3 is 5.97 Å². The molecule has 4 N–H and O–H groups in total. The number of H-pyrrole nitrogens is 2. The van der Waals surface area contributed by atoms with E-state index in [0.29, 0.717) is 17.1 Å². The van der Waals surface area contributed by atoms with E-state index in [2.05, 4.69) is 25.5 Å². The number of hydrogen-bond donors (Lipinski definition) is 4. The van der Waals surface area contributed by atoms with Crippen LogP contribution in [0.3, 0.4) is 0 Å². The van der Waals surface area contributed by atoms with Crippen LogP contribution in [0.5, 0.6) is 0 Å². The van der Waals surface area contributed by atoms with Gasteiger partial charge in [0.25, 0.3) is 5.91 Å². The van der Waals surface area contributed by atoms with Gasteiger partial charge in [0.05, 0.1) is 23.5 Å². The minimum atomic E-state index is -1.07. The zero-order valence-electron chi connectivity index (χ0n) is 11.4. The van der Waals surface area contributed by atoms with Crippen molar-refractivity contribution in [3.8, 4) is 0 Å². The molecular weight excluding hydrogens is 274 g/mol. The zero-order chi connectivity index (χ0) is 15.0. The fourth-order valence-electron chi connectivity index (χ4n) is 2.49. The summed E-state index contributed by atoms with van der Waals surface area (Å²) in [6, 6.07) is 0. The van der Waals surface area contributed by atoms with E-state index in [-0.39, 0.29) is 11.6 Å². The Hall–Kier alpha value is -2.64. The summed E-state index contributed by atoms with van der Waals surface area (Å²) in [6.45, 7) is 1.77. The predicted molar refractivity (Wildman–Crippen MR) is 71.9 cm³/mol. The predicted octanol–water partition coefficient (Wildman–Crippen LogP) is 0.949. The number of amides is 1. The van der Waals surface area contributed by atoms with Gasteiger partial charge in [0.2, 0.25) is 0 Å². The minimum Gasteiger partial charge on any atom is -0.477 e. The number of rotatable bonds is 4. The molecule has 8 nitrogen and oxygen atoms in total. The Morgan fingerprint density at radius 1 is 1.38 bits per heavy atom. The molecule has 2 heterocycles. The van der Waals surface area contributed by atoms with Crippen molar-refractivity contribution in [3.05, 3.63) is 35.2 Å². The van der Waals surface area contributed by atoms with Gasteiger partial charge in [-0.25, -0.2) is 9.78 Å². The molecular formula is C13H15N5O3. The van der Waals surface area contributed by atoms with Crippen LogP contribution in [0.4, 0.5) is 0 Å². The maximum Gasteiger partial charge on any atom is 0.353 e. The van der Waals surface area contributed by atoms with Crippen LogP contribution < -0.4 is 5.32 Å². The monoisotopic (exact) mass is 289 g/mol. The van der Waals surface area contributed by atoms with Crippen LogP contribution in [0.1, 0.15) is 51.6 Å². The molecule has 0 radical (unpaired) electrons. The van der Waals surface area contributed by atoms with E-state index >= 15 is 0 Å². The quantitative estimate of drug-likeness (QED) is 0.667. The van der Waals surface area contributed by atoms with Crippen LogP contribution >= 0.6 is 0 Å². The first kappa shape index (κ1) is 13.3. The van der Waals surface area contributed by atoms with Crippen LogP contribution in [-0.2, 0) is 5.54 Å². The fraction of sp³-hybridized carbons (Fsp3) is 0.385. The van der Waals surface area contributed by atoms with Gasteiger partial charge in [0.15, 0.2) is 0 Å². The van der Waals surface area contributed by atoms with Gasteiger partial charge in [-0.15, -0.1) is 0 Å².